The molecule has 1 fully saturated rings. The zero-order valence-corrected chi connectivity index (χ0v) is 19.2. The quantitative estimate of drug-likeness (QED) is 0.168. The zero-order valence-electron chi connectivity index (χ0n) is 19.2. The van der Waals surface area contributed by atoms with Gasteiger partial charge in [-0.2, -0.15) is 0 Å². The van der Waals surface area contributed by atoms with Crippen LogP contribution in [0.1, 0.15) is 129 Å². The molecule has 1 N–H and O–H groups in total. The average Bonchev–Trinajstić information content (AvgIpc) is 3.11. The molecule has 1 rings (SSSR count). The molecule has 4 heteroatoms. The Balaban J connectivity index is 1.74. The Labute approximate surface area is 180 Å². The van der Waals surface area contributed by atoms with Crippen molar-refractivity contribution in [3.05, 3.63) is 0 Å². The summed E-state index contributed by atoms with van der Waals surface area (Å²) in [4.78, 5) is 11.2. The Morgan fingerprint density at radius 2 is 1.28 bits per heavy atom. The van der Waals surface area contributed by atoms with Crippen LogP contribution in [-0.2, 0) is 14.3 Å². The Morgan fingerprint density at radius 3 is 1.69 bits per heavy atom. The summed E-state index contributed by atoms with van der Waals surface area (Å²) < 4.78 is 10.9. The first-order valence-electron chi connectivity index (χ1n) is 12.6. The molecule has 0 aromatic heterocycles. The Kier molecular flexibility index (Phi) is 16.6. The van der Waals surface area contributed by atoms with E-state index in [1.165, 1.54) is 96.3 Å². The average molecular weight is 413 g/mol. The minimum absolute atomic E-state index is 0.0961. The molecule has 0 saturated carbocycles. The predicted molar refractivity (Wildman–Crippen MR) is 120 cm³/mol. The van der Waals surface area contributed by atoms with Gasteiger partial charge in [0, 0.05) is 19.4 Å². The van der Waals surface area contributed by atoms with Crippen molar-refractivity contribution in [2.75, 3.05) is 19.8 Å². The van der Waals surface area contributed by atoms with E-state index in [9.17, 15) is 9.90 Å². The van der Waals surface area contributed by atoms with Crippen LogP contribution in [-0.4, -0.2) is 36.5 Å². The normalized spacial score (nSPS) is 19.0. The van der Waals surface area contributed by atoms with Crippen molar-refractivity contribution >= 4 is 5.97 Å². The van der Waals surface area contributed by atoms with E-state index in [0.29, 0.717) is 25.9 Å². The largest absolute Gasteiger partial charge is 0.456 e. The minimum Gasteiger partial charge on any atom is -0.456 e. The van der Waals surface area contributed by atoms with Gasteiger partial charge in [0.1, 0.15) is 5.60 Å². The topological polar surface area (TPSA) is 55.8 Å². The molecule has 0 aromatic carbocycles. The van der Waals surface area contributed by atoms with Crippen LogP contribution in [0.2, 0.25) is 0 Å². The maximum atomic E-state index is 11.2. The lowest BCUT2D eigenvalue weighted by Crippen LogP contribution is -2.34. The summed E-state index contributed by atoms with van der Waals surface area (Å²) in [5.41, 5.74) is -0.675. The molecule has 1 atom stereocenters. The van der Waals surface area contributed by atoms with Gasteiger partial charge in [-0.25, -0.2) is 0 Å². The number of carbonyl (C=O) groups is 1. The SMILES string of the molecule is CCCCCCCCCCCCCCCCCCOCCC1(CO)CCC(=O)O1. The highest BCUT2D eigenvalue weighted by atomic mass is 16.6. The van der Waals surface area contributed by atoms with Crippen LogP contribution in [0.3, 0.4) is 0 Å². The van der Waals surface area contributed by atoms with Gasteiger partial charge in [-0.3, -0.25) is 4.79 Å². The van der Waals surface area contributed by atoms with Gasteiger partial charge in [-0.05, 0) is 12.8 Å². The molecule has 0 radical (unpaired) electrons. The van der Waals surface area contributed by atoms with E-state index in [2.05, 4.69) is 6.92 Å². The molecule has 0 amide bonds. The molecule has 1 saturated heterocycles. The summed E-state index contributed by atoms with van der Waals surface area (Å²) >= 11 is 0. The Bertz CT molecular complexity index is 385. The highest BCUT2D eigenvalue weighted by molar-refractivity contribution is 5.72. The lowest BCUT2D eigenvalue weighted by Gasteiger charge is -2.24. The second kappa shape index (κ2) is 18.2. The van der Waals surface area contributed by atoms with Crippen molar-refractivity contribution < 1.29 is 19.4 Å². The third-order valence-corrected chi connectivity index (χ3v) is 6.25. The molecular weight excluding hydrogens is 364 g/mol. The van der Waals surface area contributed by atoms with Crippen LogP contribution in [0.15, 0.2) is 0 Å². The van der Waals surface area contributed by atoms with Crippen molar-refractivity contribution in [2.45, 2.75) is 135 Å². The third-order valence-electron chi connectivity index (χ3n) is 6.25. The lowest BCUT2D eigenvalue weighted by molar-refractivity contribution is -0.153. The molecule has 1 heterocycles. The molecule has 0 bridgehead atoms. The van der Waals surface area contributed by atoms with Crippen molar-refractivity contribution in [2.24, 2.45) is 0 Å². The highest BCUT2D eigenvalue weighted by Crippen LogP contribution is 2.29. The van der Waals surface area contributed by atoms with E-state index < -0.39 is 5.60 Å². The molecule has 1 unspecified atom stereocenters. The van der Waals surface area contributed by atoms with E-state index >= 15 is 0 Å². The first kappa shape index (κ1) is 26.4. The summed E-state index contributed by atoms with van der Waals surface area (Å²) in [5.74, 6) is -0.197. The summed E-state index contributed by atoms with van der Waals surface area (Å²) in [6.45, 7) is 3.52. The Morgan fingerprint density at radius 1 is 0.793 bits per heavy atom. The van der Waals surface area contributed by atoms with Crippen molar-refractivity contribution in [3.8, 4) is 0 Å². The van der Waals surface area contributed by atoms with Crippen molar-refractivity contribution in [3.63, 3.8) is 0 Å². The van der Waals surface area contributed by atoms with Gasteiger partial charge in [0.15, 0.2) is 0 Å². The number of ether oxygens (including phenoxy) is 2. The smallest absolute Gasteiger partial charge is 0.306 e. The molecular formula is C25H48O4. The first-order chi connectivity index (χ1) is 14.2. The number of cyclic esters (lactones) is 1. The lowest BCUT2D eigenvalue weighted by atomic mass is 9.98. The molecule has 0 aromatic rings. The monoisotopic (exact) mass is 412 g/mol. The van der Waals surface area contributed by atoms with Crippen LogP contribution in [0.25, 0.3) is 0 Å². The van der Waals surface area contributed by atoms with Crippen LogP contribution in [0.4, 0.5) is 0 Å². The number of esters is 1. The minimum atomic E-state index is -0.675. The molecule has 1 aliphatic rings. The van der Waals surface area contributed by atoms with Crippen LogP contribution >= 0.6 is 0 Å². The van der Waals surface area contributed by atoms with E-state index in [1.807, 2.05) is 0 Å². The number of unbranched alkanes of at least 4 members (excludes halogenated alkanes) is 15. The van der Waals surface area contributed by atoms with Crippen molar-refractivity contribution in [1.82, 2.24) is 0 Å². The van der Waals surface area contributed by atoms with Crippen molar-refractivity contribution in [1.29, 1.82) is 0 Å². The fraction of sp³-hybridized carbons (Fsp3) is 0.960. The van der Waals surface area contributed by atoms with Gasteiger partial charge >= 0.3 is 5.97 Å². The third kappa shape index (κ3) is 14.1. The number of carbonyl (C=O) groups excluding carboxylic acids is 1. The van der Waals surface area contributed by atoms with E-state index in [1.54, 1.807) is 0 Å². The van der Waals surface area contributed by atoms with Gasteiger partial charge in [0.05, 0.1) is 13.2 Å². The second-order valence-corrected chi connectivity index (χ2v) is 8.98. The summed E-state index contributed by atoms with van der Waals surface area (Å²) in [7, 11) is 0. The second-order valence-electron chi connectivity index (χ2n) is 8.98. The van der Waals surface area contributed by atoms with Crippen LogP contribution < -0.4 is 0 Å². The standard InChI is InChI=1S/C25H48O4/c1-2-3-4-5-6-7-8-9-10-11-12-13-14-15-16-17-21-28-22-20-25(23-26)19-18-24(27)29-25/h26H,2-23H2,1H3. The highest BCUT2D eigenvalue weighted by Gasteiger charge is 2.39. The summed E-state index contributed by atoms with van der Waals surface area (Å²) in [6, 6.07) is 0. The summed E-state index contributed by atoms with van der Waals surface area (Å²) in [6.07, 6.45) is 23.6. The maximum absolute atomic E-state index is 11.2. The number of hydrogen-bond acceptors (Lipinski definition) is 4. The molecule has 0 aliphatic carbocycles. The van der Waals surface area contributed by atoms with Gasteiger partial charge < -0.3 is 14.6 Å². The summed E-state index contributed by atoms with van der Waals surface area (Å²) in [5, 5.41) is 9.45. The van der Waals surface area contributed by atoms with Gasteiger partial charge in [-0.15, -0.1) is 0 Å². The molecule has 4 nitrogen and oxygen atoms in total. The number of aliphatic hydroxyl groups excluding tert-OH is 1. The molecule has 1 aliphatic heterocycles. The predicted octanol–water partition coefficient (Wildman–Crippen LogP) is 6.72. The van der Waals surface area contributed by atoms with Gasteiger partial charge in [0.2, 0.25) is 0 Å². The van der Waals surface area contributed by atoms with Crippen LogP contribution in [0, 0.1) is 0 Å². The number of aliphatic hydroxyl groups is 1. The number of hydrogen-bond donors (Lipinski definition) is 1. The first-order valence-corrected chi connectivity index (χ1v) is 12.6. The van der Waals surface area contributed by atoms with E-state index in [-0.39, 0.29) is 12.6 Å². The molecule has 29 heavy (non-hydrogen) atoms. The molecule has 172 valence electrons. The van der Waals surface area contributed by atoms with Gasteiger partial charge in [0.25, 0.3) is 0 Å². The maximum Gasteiger partial charge on any atom is 0.306 e. The van der Waals surface area contributed by atoms with E-state index in [4.69, 9.17) is 9.47 Å². The fourth-order valence-electron chi connectivity index (χ4n) is 4.15. The number of rotatable bonds is 21. The van der Waals surface area contributed by atoms with Gasteiger partial charge in [-0.1, -0.05) is 103 Å². The Hall–Kier alpha value is -0.610. The molecule has 0 spiro atoms. The zero-order chi connectivity index (χ0) is 21.0. The van der Waals surface area contributed by atoms with E-state index in [0.717, 1.165) is 13.0 Å². The fourth-order valence-corrected chi connectivity index (χ4v) is 4.15. The van der Waals surface area contributed by atoms with Crippen LogP contribution in [0.5, 0.6) is 0 Å².